The van der Waals surface area contributed by atoms with Crippen LogP contribution in [0.3, 0.4) is 0 Å². The standard InChI is InChI=1S/C21H38ClN5O5S/c1-14-5-6-16(26-20(29)12-27-21(30)17(13-28)18(22)11-24-27)10-19(14)33(31,32)25-9-7-15-4-2-3-8-23-15/h14-19,23-25,28H,2-13H2,1H3,(H,26,29). The highest BCUT2D eigenvalue weighted by Crippen LogP contribution is 2.29. The van der Waals surface area contributed by atoms with Gasteiger partial charge >= 0.3 is 0 Å². The van der Waals surface area contributed by atoms with Crippen LogP contribution in [0.2, 0.25) is 0 Å². The van der Waals surface area contributed by atoms with Crippen molar-refractivity contribution < 1.29 is 23.1 Å². The highest BCUT2D eigenvalue weighted by molar-refractivity contribution is 7.90. The summed E-state index contributed by atoms with van der Waals surface area (Å²) in [7, 11) is -3.50. The van der Waals surface area contributed by atoms with Gasteiger partial charge in [-0.05, 0) is 51.0 Å². The molecule has 0 aromatic heterocycles. The van der Waals surface area contributed by atoms with E-state index in [1.54, 1.807) is 0 Å². The molecule has 33 heavy (non-hydrogen) atoms. The second-order valence-electron chi connectivity index (χ2n) is 9.56. The molecule has 1 saturated carbocycles. The maximum absolute atomic E-state index is 13.0. The lowest BCUT2D eigenvalue weighted by molar-refractivity contribution is -0.147. The number of alkyl halides is 1. The minimum atomic E-state index is -3.50. The molecule has 1 aliphatic carbocycles. The van der Waals surface area contributed by atoms with Crippen LogP contribution in [-0.2, 0) is 19.6 Å². The predicted molar refractivity (Wildman–Crippen MR) is 126 cm³/mol. The highest BCUT2D eigenvalue weighted by atomic mass is 35.5. The van der Waals surface area contributed by atoms with Gasteiger partial charge in [0.2, 0.25) is 21.8 Å². The number of hydrogen-bond donors (Lipinski definition) is 5. The molecule has 3 rings (SSSR count). The third-order valence-corrected chi connectivity index (χ3v) is 9.61. The maximum Gasteiger partial charge on any atom is 0.244 e. The molecule has 0 spiro atoms. The molecule has 6 unspecified atom stereocenters. The summed E-state index contributed by atoms with van der Waals surface area (Å²) in [6, 6.07) is 0.0903. The van der Waals surface area contributed by atoms with Gasteiger partial charge in [-0.1, -0.05) is 13.3 Å². The molecule has 12 heteroatoms. The van der Waals surface area contributed by atoms with Gasteiger partial charge in [-0.2, -0.15) is 0 Å². The molecule has 0 radical (unpaired) electrons. The molecular formula is C21H38ClN5O5S. The van der Waals surface area contributed by atoms with Crippen molar-refractivity contribution in [1.82, 2.24) is 25.8 Å². The quantitative estimate of drug-likeness (QED) is 0.269. The molecule has 0 aromatic carbocycles. The number of carbonyl (C=O) groups is 2. The molecule has 3 aliphatic rings. The summed E-state index contributed by atoms with van der Waals surface area (Å²) in [6.45, 7) is 3.03. The molecule has 2 heterocycles. The summed E-state index contributed by atoms with van der Waals surface area (Å²) in [6.07, 6.45) is 5.93. The van der Waals surface area contributed by atoms with Crippen LogP contribution >= 0.6 is 11.6 Å². The Balaban J connectivity index is 1.48. The fourth-order valence-electron chi connectivity index (χ4n) is 5.01. The number of aliphatic hydroxyl groups excluding tert-OH is 1. The van der Waals surface area contributed by atoms with Gasteiger partial charge in [-0.15, -0.1) is 11.6 Å². The molecule has 6 atom stereocenters. The number of nitrogens with zero attached hydrogens (tertiary/aromatic N) is 1. The molecule has 2 aliphatic heterocycles. The number of sulfonamides is 1. The van der Waals surface area contributed by atoms with Crippen LogP contribution in [-0.4, -0.2) is 85.8 Å². The maximum atomic E-state index is 13.0. The fourth-order valence-corrected chi connectivity index (χ4v) is 7.12. The monoisotopic (exact) mass is 507 g/mol. The second-order valence-corrected chi connectivity index (χ2v) is 12.1. The van der Waals surface area contributed by atoms with Gasteiger partial charge in [0.05, 0.1) is 23.2 Å². The lowest BCUT2D eigenvalue weighted by Gasteiger charge is -2.36. The van der Waals surface area contributed by atoms with Crippen molar-refractivity contribution in [3.8, 4) is 0 Å². The third-order valence-electron chi connectivity index (χ3n) is 7.09. The number of nitrogens with one attached hydrogen (secondary N) is 4. The van der Waals surface area contributed by atoms with Crippen LogP contribution in [0.15, 0.2) is 0 Å². The van der Waals surface area contributed by atoms with E-state index in [-0.39, 0.29) is 37.6 Å². The normalized spacial score (nSPS) is 33.7. The van der Waals surface area contributed by atoms with Crippen LogP contribution < -0.4 is 20.8 Å². The summed E-state index contributed by atoms with van der Waals surface area (Å²) in [5.74, 6) is -1.54. The van der Waals surface area contributed by atoms with Crippen molar-refractivity contribution >= 4 is 33.4 Å². The topological polar surface area (TPSA) is 140 Å². The first kappa shape index (κ1) is 26.6. The Kier molecular flexibility index (Phi) is 9.78. The van der Waals surface area contributed by atoms with E-state index in [9.17, 15) is 23.1 Å². The average Bonchev–Trinajstić information content (AvgIpc) is 2.78. The number of piperidine rings is 1. The minimum Gasteiger partial charge on any atom is -0.395 e. The van der Waals surface area contributed by atoms with Gasteiger partial charge in [0, 0.05) is 25.2 Å². The molecular weight excluding hydrogens is 470 g/mol. The van der Waals surface area contributed by atoms with E-state index >= 15 is 0 Å². The van der Waals surface area contributed by atoms with Crippen molar-refractivity contribution in [1.29, 1.82) is 0 Å². The van der Waals surface area contributed by atoms with Crippen LogP contribution in [0, 0.1) is 11.8 Å². The Morgan fingerprint density at radius 1 is 1.27 bits per heavy atom. The third kappa shape index (κ3) is 7.25. The second kappa shape index (κ2) is 12.1. The van der Waals surface area contributed by atoms with Gasteiger partial charge in [-0.25, -0.2) is 18.6 Å². The molecule has 0 aromatic rings. The lowest BCUT2D eigenvalue weighted by atomic mass is 9.87. The molecule has 2 saturated heterocycles. The Morgan fingerprint density at radius 3 is 2.76 bits per heavy atom. The SMILES string of the molecule is CC1CCC(NC(=O)CN2NCC(Cl)C(CO)C2=O)CC1S(=O)(=O)NCCC1CCCCN1. The average molecular weight is 508 g/mol. The van der Waals surface area contributed by atoms with Crippen molar-refractivity contribution in [3.05, 3.63) is 0 Å². The smallest absolute Gasteiger partial charge is 0.244 e. The van der Waals surface area contributed by atoms with E-state index in [0.717, 1.165) is 19.4 Å². The van der Waals surface area contributed by atoms with Crippen molar-refractivity contribution in [3.63, 3.8) is 0 Å². The molecule has 190 valence electrons. The summed E-state index contributed by atoms with van der Waals surface area (Å²) in [4.78, 5) is 25.0. The van der Waals surface area contributed by atoms with Crippen molar-refractivity contribution in [2.24, 2.45) is 11.8 Å². The van der Waals surface area contributed by atoms with Gasteiger partial charge in [0.1, 0.15) is 6.54 Å². The molecule has 0 bridgehead atoms. The first-order valence-electron chi connectivity index (χ1n) is 12.0. The molecule has 10 nitrogen and oxygen atoms in total. The van der Waals surface area contributed by atoms with E-state index < -0.39 is 32.5 Å². The van der Waals surface area contributed by atoms with Gasteiger partial charge in [-0.3, -0.25) is 14.6 Å². The van der Waals surface area contributed by atoms with Gasteiger partial charge < -0.3 is 15.7 Å². The van der Waals surface area contributed by atoms with E-state index in [1.807, 2.05) is 6.92 Å². The Morgan fingerprint density at radius 2 is 2.06 bits per heavy atom. The summed E-state index contributed by atoms with van der Waals surface area (Å²) in [5.41, 5.74) is 2.81. The van der Waals surface area contributed by atoms with E-state index in [1.165, 1.54) is 17.9 Å². The minimum absolute atomic E-state index is 0.000219. The van der Waals surface area contributed by atoms with Crippen LogP contribution in [0.5, 0.6) is 0 Å². The number of hydrazine groups is 1. The van der Waals surface area contributed by atoms with Crippen LogP contribution in [0.4, 0.5) is 0 Å². The Hall–Kier alpha value is -0.980. The van der Waals surface area contributed by atoms with Gasteiger partial charge in [0.25, 0.3) is 0 Å². The number of halogens is 1. The Labute approximate surface area is 201 Å². The largest absolute Gasteiger partial charge is 0.395 e. The zero-order chi connectivity index (χ0) is 24.0. The zero-order valence-corrected chi connectivity index (χ0v) is 20.8. The van der Waals surface area contributed by atoms with Crippen molar-refractivity contribution in [2.75, 3.05) is 32.8 Å². The summed E-state index contributed by atoms with van der Waals surface area (Å²) >= 11 is 6.05. The number of amides is 2. The lowest BCUT2D eigenvalue weighted by Crippen LogP contribution is -2.60. The first-order valence-corrected chi connectivity index (χ1v) is 14.0. The number of hydrogen-bond acceptors (Lipinski definition) is 7. The zero-order valence-electron chi connectivity index (χ0n) is 19.3. The van der Waals surface area contributed by atoms with Crippen LogP contribution in [0.1, 0.15) is 51.9 Å². The highest BCUT2D eigenvalue weighted by Gasteiger charge is 2.39. The predicted octanol–water partition coefficient (Wildman–Crippen LogP) is -0.326. The Bertz CT molecular complexity index is 779. The van der Waals surface area contributed by atoms with Gasteiger partial charge in [0.15, 0.2) is 0 Å². The van der Waals surface area contributed by atoms with E-state index in [4.69, 9.17) is 11.6 Å². The molecule has 5 N–H and O–H groups in total. The fraction of sp³-hybridized carbons (Fsp3) is 0.905. The summed E-state index contributed by atoms with van der Waals surface area (Å²) < 4.78 is 28.8. The molecule has 2 amide bonds. The first-order chi connectivity index (χ1) is 15.7. The van der Waals surface area contributed by atoms with Crippen molar-refractivity contribution in [2.45, 2.75) is 74.6 Å². The van der Waals surface area contributed by atoms with Crippen LogP contribution in [0.25, 0.3) is 0 Å². The molecule has 3 fully saturated rings. The number of carbonyl (C=O) groups excluding carboxylic acids is 2. The number of aliphatic hydroxyl groups is 1. The van der Waals surface area contributed by atoms with E-state index in [0.29, 0.717) is 31.8 Å². The van der Waals surface area contributed by atoms with E-state index in [2.05, 4.69) is 20.8 Å². The summed E-state index contributed by atoms with van der Waals surface area (Å²) in [5, 5.41) is 15.8. The number of rotatable bonds is 9.